The zero-order valence-electron chi connectivity index (χ0n) is 37.2. The quantitative estimate of drug-likeness (QED) is 0.160. The highest BCUT2D eigenvalue weighted by Gasteiger charge is 2.22. The summed E-state index contributed by atoms with van der Waals surface area (Å²) < 4.78 is 11.6. The third-order valence-corrected chi connectivity index (χ3v) is 13.6. The van der Waals surface area contributed by atoms with Crippen LogP contribution in [-0.2, 0) is 0 Å². The fourth-order valence-corrected chi connectivity index (χ4v) is 10.4. The van der Waals surface area contributed by atoms with E-state index in [-0.39, 0.29) is 0 Å². The van der Waals surface area contributed by atoms with Gasteiger partial charge in [-0.2, -0.15) is 0 Å². The van der Waals surface area contributed by atoms with E-state index in [0.29, 0.717) is 17.5 Å². The maximum atomic E-state index is 6.92. The highest BCUT2D eigenvalue weighted by Crippen LogP contribution is 2.43. The van der Waals surface area contributed by atoms with Crippen molar-refractivity contribution in [1.29, 1.82) is 0 Å². The Balaban J connectivity index is 1.00. The molecule has 0 bridgehead atoms. The number of nitrogens with zero attached hydrogens (tertiary/aromatic N) is 5. The molecule has 0 aliphatic rings. The molecule has 322 valence electrons. The summed E-state index contributed by atoms with van der Waals surface area (Å²) in [7, 11) is 0. The summed E-state index contributed by atoms with van der Waals surface area (Å²) in [5.41, 5.74) is 15.4. The smallest absolute Gasteiger partial charge is 0.164 e. The van der Waals surface area contributed by atoms with Crippen molar-refractivity contribution < 1.29 is 4.42 Å². The summed E-state index contributed by atoms with van der Waals surface area (Å²) in [5, 5.41) is 6.71. The van der Waals surface area contributed by atoms with Crippen LogP contribution in [0, 0.1) is 0 Å². The topological polar surface area (TPSA) is 61.7 Å². The Morgan fingerprint density at radius 1 is 0.275 bits per heavy atom. The monoisotopic (exact) mass is 881 g/mol. The molecule has 69 heavy (non-hydrogen) atoms. The molecule has 0 fully saturated rings. The summed E-state index contributed by atoms with van der Waals surface area (Å²) in [5.74, 6) is 1.77. The Morgan fingerprint density at radius 2 is 0.696 bits per heavy atom. The van der Waals surface area contributed by atoms with Crippen LogP contribution in [0.5, 0.6) is 0 Å². The molecule has 0 saturated heterocycles. The average Bonchev–Trinajstić information content (AvgIpc) is 4.08. The molecule has 0 unspecified atom stereocenters. The number of para-hydroxylation sites is 4. The Morgan fingerprint density at radius 3 is 1.23 bits per heavy atom. The van der Waals surface area contributed by atoms with Gasteiger partial charge in [0.2, 0.25) is 0 Å². The van der Waals surface area contributed by atoms with Crippen molar-refractivity contribution in [3.8, 4) is 67.8 Å². The maximum absolute atomic E-state index is 6.92. The molecule has 0 amide bonds. The molecule has 0 saturated carbocycles. The molecule has 6 nitrogen and oxygen atoms in total. The van der Waals surface area contributed by atoms with Crippen LogP contribution in [-0.4, -0.2) is 24.1 Å². The maximum Gasteiger partial charge on any atom is 0.164 e. The van der Waals surface area contributed by atoms with Gasteiger partial charge in [0, 0.05) is 60.4 Å². The van der Waals surface area contributed by atoms with Gasteiger partial charge in [-0.25, -0.2) is 15.0 Å². The van der Waals surface area contributed by atoms with Gasteiger partial charge < -0.3 is 13.6 Å². The first kappa shape index (κ1) is 38.8. The Hall–Kier alpha value is -9.39. The van der Waals surface area contributed by atoms with Gasteiger partial charge in [0.25, 0.3) is 0 Å². The number of aromatic nitrogens is 5. The molecular weight excluding hydrogens is 843 g/mol. The van der Waals surface area contributed by atoms with E-state index in [1.54, 1.807) is 0 Å². The van der Waals surface area contributed by atoms with Crippen LogP contribution in [0.3, 0.4) is 0 Å². The number of fused-ring (bicyclic) bond motifs is 9. The minimum absolute atomic E-state index is 0.569. The predicted octanol–water partition coefficient (Wildman–Crippen LogP) is 16.3. The van der Waals surface area contributed by atoms with Crippen LogP contribution in [0.15, 0.2) is 241 Å². The lowest BCUT2D eigenvalue weighted by Gasteiger charge is -2.12. The standard InChI is InChI=1S/C63H39N5O/c1-5-17-40(18-6-1)61-64-62(41-19-7-2-8-20-41)66-63(65-61)53-38-45(44-30-33-57-51(36-44)49-26-14-16-28-55(49)68(57)47-23-11-4-12-24-47)39-59-60(53)52-37-43(31-34-58(52)69-59)42-29-32-56-50(35-42)48-25-13-15-27-54(48)67(56)46-21-9-3-10-22-46/h1-39H. The molecule has 0 spiro atoms. The van der Waals surface area contributed by atoms with E-state index < -0.39 is 0 Å². The minimum Gasteiger partial charge on any atom is -0.456 e. The predicted molar refractivity (Wildman–Crippen MR) is 283 cm³/mol. The van der Waals surface area contributed by atoms with Gasteiger partial charge in [-0.15, -0.1) is 0 Å². The van der Waals surface area contributed by atoms with Crippen molar-refractivity contribution in [2.24, 2.45) is 0 Å². The highest BCUT2D eigenvalue weighted by molar-refractivity contribution is 6.16. The van der Waals surface area contributed by atoms with Crippen molar-refractivity contribution in [3.63, 3.8) is 0 Å². The Kier molecular flexibility index (Phi) is 8.79. The largest absolute Gasteiger partial charge is 0.456 e. The van der Waals surface area contributed by atoms with Crippen LogP contribution in [0.4, 0.5) is 0 Å². The molecule has 4 aromatic heterocycles. The summed E-state index contributed by atoms with van der Waals surface area (Å²) in [6.07, 6.45) is 0. The second-order valence-electron chi connectivity index (χ2n) is 17.6. The summed E-state index contributed by atoms with van der Waals surface area (Å²) in [6, 6.07) is 83.3. The van der Waals surface area contributed by atoms with E-state index in [4.69, 9.17) is 19.4 Å². The van der Waals surface area contributed by atoms with Gasteiger partial charge in [0.1, 0.15) is 11.2 Å². The molecule has 0 atom stereocenters. The zero-order valence-corrected chi connectivity index (χ0v) is 37.2. The van der Waals surface area contributed by atoms with Gasteiger partial charge in [0.05, 0.1) is 22.1 Å². The fourth-order valence-electron chi connectivity index (χ4n) is 10.4. The molecule has 14 aromatic rings. The van der Waals surface area contributed by atoms with Gasteiger partial charge in [-0.05, 0) is 107 Å². The number of rotatable bonds is 7. The second kappa shape index (κ2) is 15.6. The first-order valence-corrected chi connectivity index (χ1v) is 23.3. The molecule has 0 radical (unpaired) electrons. The number of hydrogen-bond acceptors (Lipinski definition) is 4. The Bertz CT molecular complexity index is 4230. The van der Waals surface area contributed by atoms with Crippen molar-refractivity contribution in [2.45, 2.75) is 0 Å². The van der Waals surface area contributed by atoms with Crippen LogP contribution < -0.4 is 0 Å². The normalized spacial score (nSPS) is 11.8. The number of hydrogen-bond donors (Lipinski definition) is 0. The van der Waals surface area contributed by atoms with E-state index >= 15 is 0 Å². The second-order valence-corrected chi connectivity index (χ2v) is 17.6. The highest BCUT2D eigenvalue weighted by atomic mass is 16.3. The Labute approximate surface area is 396 Å². The number of benzene rings is 10. The van der Waals surface area contributed by atoms with Crippen molar-refractivity contribution >= 4 is 65.6 Å². The van der Waals surface area contributed by atoms with Crippen LogP contribution >= 0.6 is 0 Å². The van der Waals surface area contributed by atoms with Gasteiger partial charge in [0.15, 0.2) is 17.5 Å². The van der Waals surface area contributed by atoms with E-state index in [1.165, 1.54) is 27.1 Å². The van der Waals surface area contributed by atoms with E-state index in [2.05, 4.69) is 209 Å². The van der Waals surface area contributed by atoms with Crippen LogP contribution in [0.2, 0.25) is 0 Å². The van der Waals surface area contributed by atoms with E-state index in [1.807, 2.05) is 36.4 Å². The molecule has 6 heteroatoms. The lowest BCUT2D eigenvalue weighted by Crippen LogP contribution is -2.00. The molecule has 4 heterocycles. The van der Waals surface area contributed by atoms with Crippen molar-refractivity contribution in [3.05, 3.63) is 237 Å². The first-order valence-electron chi connectivity index (χ1n) is 23.3. The summed E-state index contributed by atoms with van der Waals surface area (Å²) >= 11 is 0. The van der Waals surface area contributed by atoms with Gasteiger partial charge in [-0.1, -0.05) is 152 Å². The van der Waals surface area contributed by atoms with E-state index in [0.717, 1.165) is 88.8 Å². The van der Waals surface area contributed by atoms with Crippen LogP contribution in [0.25, 0.3) is 133 Å². The third-order valence-electron chi connectivity index (χ3n) is 13.6. The molecule has 0 aliphatic heterocycles. The summed E-state index contributed by atoms with van der Waals surface area (Å²) in [4.78, 5) is 15.7. The zero-order chi connectivity index (χ0) is 45.4. The average molecular weight is 882 g/mol. The fraction of sp³-hybridized carbons (Fsp3) is 0. The molecular formula is C63H39N5O. The SMILES string of the molecule is c1ccc(-c2nc(-c3ccccc3)nc(-c3cc(-c4ccc5c(c4)c4ccccc4n5-c4ccccc4)cc4oc5ccc(-c6ccc7c(c6)c6ccccc6n7-c6ccccc6)cc5c34)n2)cc1. The van der Waals surface area contributed by atoms with Crippen molar-refractivity contribution in [2.75, 3.05) is 0 Å². The number of furan rings is 1. The lowest BCUT2D eigenvalue weighted by atomic mass is 9.95. The van der Waals surface area contributed by atoms with Crippen molar-refractivity contribution in [1.82, 2.24) is 24.1 Å². The molecule has 14 rings (SSSR count). The van der Waals surface area contributed by atoms with Gasteiger partial charge in [-0.3, -0.25) is 0 Å². The first-order chi connectivity index (χ1) is 34.2. The lowest BCUT2D eigenvalue weighted by molar-refractivity contribution is 0.669. The van der Waals surface area contributed by atoms with Gasteiger partial charge >= 0.3 is 0 Å². The van der Waals surface area contributed by atoms with E-state index in [9.17, 15) is 0 Å². The van der Waals surface area contributed by atoms with Crippen LogP contribution in [0.1, 0.15) is 0 Å². The third kappa shape index (κ3) is 6.38. The molecule has 10 aromatic carbocycles. The molecule has 0 aliphatic carbocycles. The molecule has 0 N–H and O–H groups in total. The summed E-state index contributed by atoms with van der Waals surface area (Å²) in [6.45, 7) is 0. The minimum atomic E-state index is 0.569.